The van der Waals surface area contributed by atoms with Crippen LogP contribution in [0.3, 0.4) is 0 Å². The third-order valence-electron chi connectivity index (χ3n) is 4.40. The highest BCUT2D eigenvalue weighted by Gasteiger charge is 2.28. The topological polar surface area (TPSA) is 50.2 Å². The van der Waals surface area contributed by atoms with E-state index < -0.39 is 0 Å². The van der Waals surface area contributed by atoms with E-state index in [-0.39, 0.29) is 17.8 Å². The van der Waals surface area contributed by atoms with Crippen molar-refractivity contribution in [2.75, 3.05) is 13.1 Å². The van der Waals surface area contributed by atoms with E-state index in [1.165, 1.54) is 12.1 Å². The number of aromatic nitrogens is 2. The number of nitrogens with zero attached hydrogens (tertiary/aromatic N) is 3. The van der Waals surface area contributed by atoms with Crippen molar-refractivity contribution in [2.45, 2.75) is 38.9 Å². The SMILES string of the molecule is CCn1cc(CNC2CC(=O)N(CCc3ccc(F)cc3)C2)cn1. The van der Waals surface area contributed by atoms with Crippen molar-refractivity contribution >= 4 is 5.91 Å². The van der Waals surface area contributed by atoms with Gasteiger partial charge in [0.2, 0.25) is 5.91 Å². The van der Waals surface area contributed by atoms with E-state index in [1.54, 1.807) is 12.1 Å². The molecule has 1 fully saturated rings. The van der Waals surface area contributed by atoms with Crippen molar-refractivity contribution in [1.82, 2.24) is 20.0 Å². The Kier molecular flexibility index (Phi) is 5.25. The van der Waals surface area contributed by atoms with Crippen molar-refractivity contribution in [2.24, 2.45) is 0 Å². The molecule has 1 amide bonds. The van der Waals surface area contributed by atoms with Gasteiger partial charge >= 0.3 is 0 Å². The fourth-order valence-electron chi connectivity index (χ4n) is 2.97. The van der Waals surface area contributed by atoms with Crippen LogP contribution in [0.1, 0.15) is 24.5 Å². The molecule has 2 heterocycles. The smallest absolute Gasteiger partial charge is 0.224 e. The second-order valence-electron chi connectivity index (χ2n) is 6.20. The van der Waals surface area contributed by atoms with Gasteiger partial charge in [-0.3, -0.25) is 9.48 Å². The molecule has 2 aromatic rings. The highest BCUT2D eigenvalue weighted by molar-refractivity contribution is 5.79. The normalized spacial score (nSPS) is 17.7. The molecule has 1 aliphatic rings. The van der Waals surface area contributed by atoms with Gasteiger partial charge in [0.15, 0.2) is 0 Å². The van der Waals surface area contributed by atoms with Crippen LogP contribution in [0.15, 0.2) is 36.7 Å². The Morgan fingerprint density at radius 2 is 2.08 bits per heavy atom. The Bertz CT molecular complexity index is 683. The molecule has 1 saturated heterocycles. The van der Waals surface area contributed by atoms with Gasteiger partial charge in [-0.25, -0.2) is 4.39 Å². The molecule has 24 heavy (non-hydrogen) atoms. The van der Waals surface area contributed by atoms with E-state index in [0.717, 1.165) is 37.2 Å². The fourth-order valence-corrected chi connectivity index (χ4v) is 2.97. The lowest BCUT2D eigenvalue weighted by Crippen LogP contribution is -2.33. The third-order valence-corrected chi connectivity index (χ3v) is 4.40. The van der Waals surface area contributed by atoms with Gasteiger partial charge in [0.05, 0.1) is 6.20 Å². The molecule has 0 spiro atoms. The van der Waals surface area contributed by atoms with Gasteiger partial charge in [-0.1, -0.05) is 12.1 Å². The predicted molar refractivity (Wildman–Crippen MR) is 89.8 cm³/mol. The average Bonchev–Trinajstić information content (AvgIpc) is 3.19. The van der Waals surface area contributed by atoms with Crippen molar-refractivity contribution < 1.29 is 9.18 Å². The van der Waals surface area contributed by atoms with Crippen molar-refractivity contribution in [3.05, 3.63) is 53.6 Å². The number of hydrogen-bond donors (Lipinski definition) is 1. The molecule has 1 aromatic carbocycles. The Morgan fingerprint density at radius 3 is 2.79 bits per heavy atom. The molecule has 1 aliphatic heterocycles. The van der Waals surface area contributed by atoms with E-state index in [1.807, 2.05) is 22.0 Å². The summed E-state index contributed by atoms with van der Waals surface area (Å²) in [6, 6.07) is 6.65. The van der Waals surface area contributed by atoms with Crippen LogP contribution in [0, 0.1) is 5.82 Å². The Labute approximate surface area is 141 Å². The standard InChI is InChI=1S/C18H23FN4O/c1-2-23-12-15(11-21-23)10-20-17-9-18(24)22(13-17)8-7-14-3-5-16(19)6-4-14/h3-6,11-12,17,20H,2,7-10,13H2,1H3. The molecule has 1 N–H and O–H groups in total. The van der Waals surface area contributed by atoms with Crippen LogP contribution in [-0.4, -0.2) is 39.7 Å². The second-order valence-corrected chi connectivity index (χ2v) is 6.20. The number of nitrogens with one attached hydrogen (secondary N) is 1. The van der Waals surface area contributed by atoms with Crippen molar-refractivity contribution in [1.29, 1.82) is 0 Å². The molecule has 5 nitrogen and oxygen atoms in total. The number of carbonyl (C=O) groups excluding carboxylic acids is 1. The highest BCUT2D eigenvalue weighted by Crippen LogP contribution is 2.13. The molecule has 1 aromatic heterocycles. The monoisotopic (exact) mass is 330 g/mol. The summed E-state index contributed by atoms with van der Waals surface area (Å²) in [5.74, 6) is -0.0504. The largest absolute Gasteiger partial charge is 0.341 e. The lowest BCUT2D eigenvalue weighted by Gasteiger charge is -2.17. The Morgan fingerprint density at radius 1 is 1.29 bits per heavy atom. The number of amides is 1. The Balaban J connectivity index is 1.45. The van der Waals surface area contributed by atoms with E-state index in [4.69, 9.17) is 0 Å². The van der Waals surface area contributed by atoms with Crippen LogP contribution in [-0.2, 0) is 24.3 Å². The summed E-state index contributed by atoms with van der Waals surface area (Å²) in [6.07, 6.45) is 5.17. The van der Waals surface area contributed by atoms with Crippen LogP contribution in [0.25, 0.3) is 0 Å². The predicted octanol–water partition coefficient (Wildman–Crippen LogP) is 1.98. The summed E-state index contributed by atoms with van der Waals surface area (Å²) in [7, 11) is 0. The van der Waals surface area contributed by atoms with E-state index in [2.05, 4.69) is 17.3 Å². The van der Waals surface area contributed by atoms with E-state index in [0.29, 0.717) is 13.0 Å². The number of benzene rings is 1. The fraction of sp³-hybridized carbons (Fsp3) is 0.444. The lowest BCUT2D eigenvalue weighted by molar-refractivity contribution is -0.127. The molecule has 0 aliphatic carbocycles. The van der Waals surface area contributed by atoms with Gasteiger partial charge in [0, 0.05) is 50.4 Å². The maximum atomic E-state index is 12.9. The maximum Gasteiger partial charge on any atom is 0.224 e. The van der Waals surface area contributed by atoms with Crippen LogP contribution in [0.4, 0.5) is 4.39 Å². The summed E-state index contributed by atoms with van der Waals surface area (Å²) in [6.45, 7) is 5.04. The molecular weight excluding hydrogens is 307 g/mol. The summed E-state index contributed by atoms with van der Waals surface area (Å²) in [4.78, 5) is 14.0. The summed E-state index contributed by atoms with van der Waals surface area (Å²) in [5.41, 5.74) is 2.18. The van der Waals surface area contributed by atoms with E-state index >= 15 is 0 Å². The zero-order valence-corrected chi connectivity index (χ0v) is 13.9. The number of likely N-dealkylation sites (tertiary alicyclic amines) is 1. The van der Waals surface area contributed by atoms with Crippen molar-refractivity contribution in [3.8, 4) is 0 Å². The third kappa shape index (κ3) is 4.20. The summed E-state index contributed by atoms with van der Waals surface area (Å²) < 4.78 is 14.8. The van der Waals surface area contributed by atoms with Gasteiger partial charge in [-0.15, -0.1) is 0 Å². The zero-order chi connectivity index (χ0) is 16.9. The number of halogens is 1. The zero-order valence-electron chi connectivity index (χ0n) is 13.9. The van der Waals surface area contributed by atoms with Gasteiger partial charge in [0.1, 0.15) is 5.82 Å². The molecule has 1 atom stereocenters. The second kappa shape index (κ2) is 7.57. The minimum atomic E-state index is -0.230. The minimum Gasteiger partial charge on any atom is -0.341 e. The summed E-state index contributed by atoms with van der Waals surface area (Å²) >= 11 is 0. The first-order valence-electron chi connectivity index (χ1n) is 8.41. The molecule has 6 heteroatoms. The highest BCUT2D eigenvalue weighted by atomic mass is 19.1. The van der Waals surface area contributed by atoms with Gasteiger partial charge in [-0.05, 0) is 31.0 Å². The summed E-state index contributed by atoms with van der Waals surface area (Å²) in [5, 5.41) is 7.69. The molecule has 0 saturated carbocycles. The number of carbonyl (C=O) groups is 1. The average molecular weight is 330 g/mol. The molecular formula is C18H23FN4O. The first kappa shape index (κ1) is 16.6. The quantitative estimate of drug-likeness (QED) is 0.844. The van der Waals surface area contributed by atoms with Crippen molar-refractivity contribution in [3.63, 3.8) is 0 Å². The minimum absolute atomic E-state index is 0.177. The molecule has 1 unspecified atom stereocenters. The lowest BCUT2D eigenvalue weighted by atomic mass is 10.1. The first-order chi connectivity index (χ1) is 11.6. The maximum absolute atomic E-state index is 12.9. The van der Waals surface area contributed by atoms with Gasteiger partial charge < -0.3 is 10.2 Å². The molecule has 3 rings (SSSR count). The number of rotatable bonds is 7. The van der Waals surface area contributed by atoms with E-state index in [9.17, 15) is 9.18 Å². The molecule has 0 bridgehead atoms. The number of hydrogen-bond acceptors (Lipinski definition) is 3. The van der Waals surface area contributed by atoms with Crippen LogP contribution in [0.5, 0.6) is 0 Å². The van der Waals surface area contributed by atoms with Gasteiger partial charge in [0.25, 0.3) is 0 Å². The van der Waals surface area contributed by atoms with Crippen LogP contribution in [0.2, 0.25) is 0 Å². The van der Waals surface area contributed by atoms with Gasteiger partial charge in [-0.2, -0.15) is 5.10 Å². The molecule has 128 valence electrons. The first-order valence-corrected chi connectivity index (χ1v) is 8.41. The Hall–Kier alpha value is -2.21. The van der Waals surface area contributed by atoms with Crippen LogP contribution >= 0.6 is 0 Å². The number of aryl methyl sites for hydroxylation is 1. The molecule has 0 radical (unpaired) electrons. The van der Waals surface area contributed by atoms with Crippen LogP contribution < -0.4 is 5.32 Å².